The van der Waals surface area contributed by atoms with Gasteiger partial charge in [0.2, 0.25) is 5.91 Å². The monoisotopic (exact) mass is 362 g/mol. The second-order valence-corrected chi connectivity index (χ2v) is 7.85. The van der Waals surface area contributed by atoms with Gasteiger partial charge < -0.3 is 19.3 Å². The minimum absolute atomic E-state index is 0.0161. The summed E-state index contributed by atoms with van der Waals surface area (Å²) < 4.78 is 10.7. The van der Waals surface area contributed by atoms with Gasteiger partial charge in [0.05, 0.1) is 19.6 Å². The largest absolute Gasteiger partial charge is 0.496 e. The third kappa shape index (κ3) is 5.13. The molecule has 1 aromatic carbocycles. The van der Waals surface area contributed by atoms with Crippen molar-refractivity contribution in [2.75, 3.05) is 27.2 Å². The molecule has 2 rings (SSSR count). The van der Waals surface area contributed by atoms with Crippen LogP contribution in [-0.2, 0) is 16.0 Å². The Hall–Kier alpha value is -2.24. The van der Waals surface area contributed by atoms with E-state index in [0.29, 0.717) is 19.5 Å². The summed E-state index contributed by atoms with van der Waals surface area (Å²) in [6.07, 6.45) is 0.763. The second-order valence-electron chi connectivity index (χ2n) is 7.85. The molecular formula is C20H30N2O4. The molecule has 1 aliphatic heterocycles. The van der Waals surface area contributed by atoms with Crippen molar-refractivity contribution in [2.45, 2.75) is 52.2 Å². The van der Waals surface area contributed by atoms with E-state index < -0.39 is 5.60 Å². The molecule has 1 fully saturated rings. The Morgan fingerprint density at radius 2 is 2.00 bits per heavy atom. The summed E-state index contributed by atoms with van der Waals surface area (Å²) in [6.45, 7) is 8.64. The van der Waals surface area contributed by atoms with Gasteiger partial charge in [0.25, 0.3) is 0 Å². The molecule has 0 aromatic heterocycles. The van der Waals surface area contributed by atoms with Gasteiger partial charge in [-0.25, -0.2) is 4.79 Å². The van der Waals surface area contributed by atoms with Crippen molar-refractivity contribution < 1.29 is 19.1 Å². The predicted octanol–water partition coefficient (Wildman–Crippen LogP) is 3.01. The number of nitrogens with zero attached hydrogens (tertiary/aromatic N) is 2. The lowest BCUT2D eigenvalue weighted by molar-refractivity contribution is -0.131. The number of benzene rings is 1. The number of likely N-dealkylation sites (tertiary alicyclic amines) is 1. The van der Waals surface area contributed by atoms with E-state index >= 15 is 0 Å². The van der Waals surface area contributed by atoms with Crippen LogP contribution in [0.2, 0.25) is 0 Å². The molecule has 1 unspecified atom stereocenters. The van der Waals surface area contributed by atoms with E-state index in [1.165, 1.54) is 0 Å². The van der Waals surface area contributed by atoms with Crippen LogP contribution < -0.4 is 4.74 Å². The molecule has 2 amide bonds. The van der Waals surface area contributed by atoms with E-state index in [0.717, 1.165) is 23.3 Å². The molecule has 6 heteroatoms. The first-order valence-corrected chi connectivity index (χ1v) is 8.98. The number of aryl methyl sites for hydroxylation is 1. The van der Waals surface area contributed by atoms with Crippen LogP contribution >= 0.6 is 0 Å². The van der Waals surface area contributed by atoms with Crippen molar-refractivity contribution >= 4 is 12.0 Å². The molecule has 0 bridgehead atoms. The SMILES string of the molecule is COc1cc(CC(=O)N(C)C2CCN(C(=O)OC(C)(C)C)C2)ccc1C. The van der Waals surface area contributed by atoms with Crippen molar-refractivity contribution in [1.82, 2.24) is 9.80 Å². The Bertz CT molecular complexity index is 666. The maximum Gasteiger partial charge on any atom is 0.410 e. The standard InChI is InChI=1S/C20H30N2O4/c1-14-7-8-15(11-17(14)25-6)12-18(23)21(5)16-9-10-22(13-16)19(24)26-20(2,3)4/h7-8,11,16H,9-10,12-13H2,1-6H3. The molecule has 1 aliphatic rings. The third-order valence-corrected chi connectivity index (χ3v) is 4.58. The average Bonchev–Trinajstić information content (AvgIpc) is 3.04. The molecule has 26 heavy (non-hydrogen) atoms. The smallest absolute Gasteiger partial charge is 0.410 e. The van der Waals surface area contributed by atoms with Gasteiger partial charge in [-0.15, -0.1) is 0 Å². The van der Waals surface area contributed by atoms with Crippen LogP contribution in [-0.4, -0.2) is 60.7 Å². The van der Waals surface area contributed by atoms with Gasteiger partial charge in [0.1, 0.15) is 11.4 Å². The first-order valence-electron chi connectivity index (χ1n) is 8.98. The molecule has 144 valence electrons. The van der Waals surface area contributed by atoms with E-state index in [1.807, 2.05) is 45.9 Å². The van der Waals surface area contributed by atoms with Crippen LogP contribution in [0.25, 0.3) is 0 Å². The van der Waals surface area contributed by atoms with E-state index in [1.54, 1.807) is 24.0 Å². The second kappa shape index (κ2) is 7.98. The Morgan fingerprint density at radius 3 is 2.62 bits per heavy atom. The highest BCUT2D eigenvalue weighted by molar-refractivity contribution is 5.79. The van der Waals surface area contributed by atoms with Crippen LogP contribution in [0, 0.1) is 6.92 Å². The topological polar surface area (TPSA) is 59.1 Å². The molecule has 6 nitrogen and oxygen atoms in total. The van der Waals surface area contributed by atoms with Gasteiger partial charge in [0, 0.05) is 20.1 Å². The average molecular weight is 362 g/mol. The lowest BCUT2D eigenvalue weighted by atomic mass is 10.1. The number of hydrogen-bond donors (Lipinski definition) is 0. The number of carbonyl (C=O) groups excluding carboxylic acids is 2. The quantitative estimate of drug-likeness (QED) is 0.826. The number of carbonyl (C=O) groups is 2. The Kier molecular flexibility index (Phi) is 6.16. The number of rotatable bonds is 4. The van der Waals surface area contributed by atoms with Crippen molar-refractivity contribution in [3.05, 3.63) is 29.3 Å². The summed E-state index contributed by atoms with van der Waals surface area (Å²) >= 11 is 0. The normalized spacial score (nSPS) is 17.2. The van der Waals surface area contributed by atoms with Gasteiger partial charge in [0.15, 0.2) is 0 Å². The predicted molar refractivity (Wildman–Crippen MR) is 100 cm³/mol. The summed E-state index contributed by atoms with van der Waals surface area (Å²) in [6, 6.07) is 5.83. The fourth-order valence-electron chi connectivity index (χ4n) is 3.03. The van der Waals surface area contributed by atoms with E-state index in [2.05, 4.69) is 0 Å². The molecule has 0 saturated carbocycles. The van der Waals surface area contributed by atoms with Gasteiger partial charge >= 0.3 is 6.09 Å². The zero-order chi connectivity index (χ0) is 19.5. The summed E-state index contributed by atoms with van der Waals surface area (Å²) in [5, 5.41) is 0. The molecule has 1 atom stereocenters. The number of ether oxygens (including phenoxy) is 2. The van der Waals surface area contributed by atoms with Crippen LogP contribution in [0.5, 0.6) is 5.75 Å². The minimum atomic E-state index is -0.513. The lowest BCUT2D eigenvalue weighted by Crippen LogP contribution is -2.41. The van der Waals surface area contributed by atoms with Gasteiger partial charge in [-0.3, -0.25) is 4.79 Å². The third-order valence-electron chi connectivity index (χ3n) is 4.58. The summed E-state index contributed by atoms with van der Waals surface area (Å²) in [5.41, 5.74) is 1.45. The van der Waals surface area contributed by atoms with Crippen LogP contribution in [0.15, 0.2) is 18.2 Å². The van der Waals surface area contributed by atoms with E-state index in [9.17, 15) is 9.59 Å². The van der Waals surface area contributed by atoms with Crippen molar-refractivity contribution in [3.63, 3.8) is 0 Å². The highest BCUT2D eigenvalue weighted by Gasteiger charge is 2.33. The molecule has 1 heterocycles. The molecule has 1 aromatic rings. The summed E-state index contributed by atoms with van der Waals surface area (Å²) in [5.74, 6) is 0.821. The van der Waals surface area contributed by atoms with Crippen molar-refractivity contribution in [1.29, 1.82) is 0 Å². The number of hydrogen-bond acceptors (Lipinski definition) is 4. The summed E-state index contributed by atoms with van der Waals surface area (Å²) in [4.78, 5) is 28.2. The lowest BCUT2D eigenvalue weighted by Gasteiger charge is -2.27. The molecule has 0 spiro atoms. The Labute approximate surface area is 156 Å². The van der Waals surface area contributed by atoms with Gasteiger partial charge in [-0.2, -0.15) is 0 Å². The maximum atomic E-state index is 12.6. The van der Waals surface area contributed by atoms with Crippen molar-refractivity contribution in [3.8, 4) is 5.75 Å². The number of amides is 2. The molecular weight excluding hydrogens is 332 g/mol. The van der Waals surface area contributed by atoms with E-state index in [4.69, 9.17) is 9.47 Å². The highest BCUT2D eigenvalue weighted by atomic mass is 16.6. The van der Waals surface area contributed by atoms with Crippen LogP contribution in [0.1, 0.15) is 38.3 Å². The number of methoxy groups -OCH3 is 1. The molecule has 0 radical (unpaired) electrons. The van der Waals surface area contributed by atoms with Crippen LogP contribution in [0.3, 0.4) is 0 Å². The van der Waals surface area contributed by atoms with Crippen LogP contribution in [0.4, 0.5) is 4.79 Å². The van der Waals surface area contributed by atoms with Gasteiger partial charge in [-0.1, -0.05) is 12.1 Å². The highest BCUT2D eigenvalue weighted by Crippen LogP contribution is 2.21. The van der Waals surface area contributed by atoms with E-state index in [-0.39, 0.29) is 18.0 Å². The Morgan fingerprint density at radius 1 is 1.31 bits per heavy atom. The fraction of sp³-hybridized carbons (Fsp3) is 0.600. The first-order chi connectivity index (χ1) is 12.1. The maximum absolute atomic E-state index is 12.6. The fourth-order valence-corrected chi connectivity index (χ4v) is 3.03. The van der Waals surface area contributed by atoms with Gasteiger partial charge in [-0.05, 0) is 51.3 Å². The summed E-state index contributed by atoms with van der Waals surface area (Å²) in [7, 11) is 3.43. The molecule has 1 saturated heterocycles. The number of likely N-dealkylation sites (N-methyl/N-ethyl adjacent to an activating group) is 1. The molecule has 0 N–H and O–H groups in total. The zero-order valence-corrected chi connectivity index (χ0v) is 16.7. The first kappa shape index (κ1) is 20.1. The zero-order valence-electron chi connectivity index (χ0n) is 16.7. The minimum Gasteiger partial charge on any atom is -0.496 e. The van der Waals surface area contributed by atoms with Crippen molar-refractivity contribution in [2.24, 2.45) is 0 Å². The Balaban J connectivity index is 1.94. The molecule has 0 aliphatic carbocycles.